The number of aromatic nitrogens is 1. The summed E-state index contributed by atoms with van der Waals surface area (Å²) in [6.07, 6.45) is 3.78. The molecule has 13 heavy (non-hydrogen) atoms. The molecule has 0 saturated carbocycles. The Kier molecular flexibility index (Phi) is 1.46. The van der Waals surface area contributed by atoms with Crippen molar-refractivity contribution < 1.29 is 0 Å². The maximum absolute atomic E-state index is 4.12. The second-order valence-corrected chi connectivity index (χ2v) is 4.05. The van der Waals surface area contributed by atoms with Crippen LogP contribution in [0.1, 0.15) is 0 Å². The Morgan fingerprint density at radius 2 is 2.15 bits per heavy atom. The van der Waals surface area contributed by atoms with Gasteiger partial charge in [0.25, 0.3) is 0 Å². The van der Waals surface area contributed by atoms with Gasteiger partial charge >= 0.3 is 79.9 Å². The molecule has 3 rings (SSSR count). The van der Waals surface area contributed by atoms with E-state index in [0.29, 0.717) is 0 Å². The molecule has 0 amide bonds. The van der Waals surface area contributed by atoms with Gasteiger partial charge in [-0.25, -0.2) is 0 Å². The van der Waals surface area contributed by atoms with Gasteiger partial charge in [-0.15, -0.1) is 0 Å². The van der Waals surface area contributed by atoms with Crippen molar-refractivity contribution in [2.45, 2.75) is 0 Å². The van der Waals surface area contributed by atoms with Crippen LogP contribution in [0.5, 0.6) is 0 Å². The third-order valence-corrected chi connectivity index (χ3v) is 3.30. The summed E-state index contributed by atoms with van der Waals surface area (Å²) < 4.78 is 2.61. The van der Waals surface area contributed by atoms with Crippen molar-refractivity contribution in [1.82, 2.24) is 4.98 Å². The van der Waals surface area contributed by atoms with E-state index in [1.165, 1.54) is 20.2 Å². The molecule has 3 heteroatoms. The van der Waals surface area contributed by atoms with E-state index in [1.54, 1.807) is 11.3 Å². The van der Waals surface area contributed by atoms with Crippen LogP contribution in [0.2, 0.25) is 0 Å². The molecule has 0 aliphatic carbocycles. The van der Waals surface area contributed by atoms with Crippen LogP contribution in [0.25, 0.3) is 20.2 Å². The average molecular weight is 183 g/mol. The molecule has 3 aromatic rings. The van der Waals surface area contributed by atoms with Gasteiger partial charge in [-0.2, -0.15) is 0 Å². The van der Waals surface area contributed by atoms with E-state index in [2.05, 4.69) is 36.0 Å². The summed E-state index contributed by atoms with van der Waals surface area (Å²) in [5.74, 6) is 4.24. The molecule has 0 radical (unpaired) electrons. The van der Waals surface area contributed by atoms with Crippen LogP contribution in [-0.2, 0) is 0 Å². The summed E-state index contributed by atoms with van der Waals surface area (Å²) in [5, 5.41) is 2.65. The van der Waals surface area contributed by atoms with Gasteiger partial charge in [0.1, 0.15) is 0 Å². The second-order valence-electron chi connectivity index (χ2n) is 2.97. The zero-order valence-corrected chi connectivity index (χ0v) is 7.71. The predicted octanol–water partition coefficient (Wildman–Crippen LogP) is 2.79. The van der Waals surface area contributed by atoms with Gasteiger partial charge < -0.3 is 0 Å². The van der Waals surface area contributed by atoms with Crippen LogP contribution in [0, 0.1) is 0 Å². The van der Waals surface area contributed by atoms with Crippen molar-refractivity contribution >= 4 is 38.4 Å². The standard InChI is InChI=1S/C10H6BNS/c1-3-11-5-8-7-2-4-12-6-10(7)13-9(1)8/h1-6H. The van der Waals surface area contributed by atoms with Gasteiger partial charge in [-0.1, -0.05) is 0 Å². The Labute approximate surface area is 80.3 Å². The molecule has 0 saturated heterocycles. The first-order chi connectivity index (χ1) is 6.45. The van der Waals surface area contributed by atoms with Crippen LogP contribution in [0.3, 0.4) is 0 Å². The fraction of sp³-hybridized carbons (Fsp3) is 0. The molecule has 0 N–H and O–H groups in total. The molecule has 3 heterocycles. The number of nitrogens with zero attached hydrogens (tertiary/aromatic N) is 1. The van der Waals surface area contributed by atoms with Gasteiger partial charge in [0.15, 0.2) is 0 Å². The first kappa shape index (κ1) is 7.21. The number of thiophene rings is 1. The first-order valence-corrected chi connectivity index (χ1v) is 4.98. The monoisotopic (exact) mass is 183 g/mol. The predicted molar refractivity (Wildman–Crippen MR) is 58.5 cm³/mol. The summed E-state index contributed by atoms with van der Waals surface area (Å²) in [5.41, 5.74) is 0. The van der Waals surface area contributed by atoms with Crippen molar-refractivity contribution in [3.8, 4) is 0 Å². The van der Waals surface area contributed by atoms with Gasteiger partial charge in [-0.05, 0) is 0 Å². The number of fused-ring (bicyclic) bond motifs is 3. The van der Waals surface area contributed by atoms with Crippen molar-refractivity contribution in [3.05, 3.63) is 36.4 Å². The second kappa shape index (κ2) is 2.64. The van der Waals surface area contributed by atoms with E-state index < -0.39 is 0 Å². The number of rotatable bonds is 0. The molecule has 0 fully saturated rings. The zero-order valence-electron chi connectivity index (χ0n) is 6.90. The third-order valence-electron chi connectivity index (χ3n) is 2.18. The molecule has 0 aromatic carbocycles. The minimum absolute atomic E-state index is 1.27. The zero-order chi connectivity index (χ0) is 8.67. The van der Waals surface area contributed by atoms with Gasteiger partial charge in [0.2, 0.25) is 0 Å². The fourth-order valence-electron chi connectivity index (χ4n) is 1.58. The van der Waals surface area contributed by atoms with Crippen LogP contribution in [0.4, 0.5) is 0 Å². The van der Waals surface area contributed by atoms with Crippen molar-refractivity contribution in [2.24, 2.45) is 0 Å². The Balaban J connectivity index is 2.64. The van der Waals surface area contributed by atoms with Crippen molar-refractivity contribution in [1.29, 1.82) is 0 Å². The number of pyridine rings is 1. The van der Waals surface area contributed by atoms with Crippen LogP contribution < -0.4 is 0 Å². The molecule has 3 aromatic heterocycles. The maximum atomic E-state index is 4.12. The molecule has 0 spiro atoms. The van der Waals surface area contributed by atoms with Gasteiger partial charge in [0.05, 0.1) is 0 Å². The molecule has 1 nitrogen and oxygen atoms in total. The summed E-state index contributed by atoms with van der Waals surface area (Å²) >= 11 is 1.80. The molecular weight excluding hydrogens is 177 g/mol. The quantitative estimate of drug-likeness (QED) is 0.522. The molecule has 0 aliphatic rings. The molecular formula is C10H6BNS. The van der Waals surface area contributed by atoms with E-state index in [1.807, 2.05) is 12.4 Å². The summed E-state index contributed by atoms with van der Waals surface area (Å²) in [6.45, 7) is 2.08. The molecule has 0 atom stereocenters. The fourth-order valence-corrected chi connectivity index (χ4v) is 2.65. The van der Waals surface area contributed by atoms with Crippen LogP contribution in [-0.4, -0.2) is 11.9 Å². The number of hydrogen-bond acceptors (Lipinski definition) is 2. The SMILES string of the molecule is b1ccc2sc3cnccc3c2c1. The van der Waals surface area contributed by atoms with E-state index in [-0.39, 0.29) is 0 Å². The van der Waals surface area contributed by atoms with E-state index in [4.69, 9.17) is 0 Å². The average Bonchev–Trinajstić information content (AvgIpc) is 2.56. The Morgan fingerprint density at radius 3 is 3.15 bits per heavy atom. The number of hydrogen-bond donors (Lipinski definition) is 0. The molecule has 0 unspecified atom stereocenters. The first-order valence-electron chi connectivity index (χ1n) is 4.16. The van der Waals surface area contributed by atoms with Crippen molar-refractivity contribution in [2.75, 3.05) is 0 Å². The van der Waals surface area contributed by atoms with Crippen LogP contribution >= 0.6 is 11.3 Å². The normalized spacial score (nSPS) is 10.8. The molecule has 0 aliphatic heterocycles. The Bertz CT molecular complexity index is 523. The third kappa shape index (κ3) is 1.00. The summed E-state index contributed by atoms with van der Waals surface area (Å²) in [6, 6.07) is 4.23. The Hall–Kier alpha value is -1.22. The van der Waals surface area contributed by atoms with Gasteiger partial charge in [-0.3, -0.25) is 0 Å². The minimum atomic E-state index is 1.27. The topological polar surface area (TPSA) is 12.9 Å². The Morgan fingerprint density at radius 1 is 1.15 bits per heavy atom. The van der Waals surface area contributed by atoms with E-state index >= 15 is 0 Å². The summed E-state index contributed by atoms with van der Waals surface area (Å²) in [4.78, 5) is 4.12. The molecule has 0 bridgehead atoms. The van der Waals surface area contributed by atoms with Crippen LogP contribution in [0.15, 0.2) is 36.4 Å². The van der Waals surface area contributed by atoms with Crippen molar-refractivity contribution in [3.63, 3.8) is 0 Å². The van der Waals surface area contributed by atoms with Gasteiger partial charge in [0, 0.05) is 0 Å². The summed E-state index contributed by atoms with van der Waals surface area (Å²) in [7, 11) is 0. The van der Waals surface area contributed by atoms with E-state index in [9.17, 15) is 0 Å². The molecule has 60 valence electrons. The van der Waals surface area contributed by atoms with E-state index in [0.717, 1.165) is 0 Å².